The van der Waals surface area contributed by atoms with Gasteiger partial charge in [0.1, 0.15) is 6.29 Å². The minimum absolute atomic E-state index is 0.194. The summed E-state index contributed by atoms with van der Waals surface area (Å²) in [6, 6.07) is 0. The quantitative estimate of drug-likeness (QED) is 0.496. The first-order valence-corrected chi connectivity index (χ1v) is 2.98. The molecule has 1 N–H and O–H groups in total. The number of rotatable bonds is 1. The zero-order chi connectivity index (χ0) is 6.04. The molecular formula is C6H11NO. The van der Waals surface area contributed by atoms with Crippen LogP contribution in [0.4, 0.5) is 0 Å². The lowest BCUT2D eigenvalue weighted by atomic mass is 10.0. The predicted molar refractivity (Wildman–Crippen MR) is 31.7 cm³/mol. The van der Waals surface area contributed by atoms with Crippen molar-refractivity contribution in [3.05, 3.63) is 0 Å². The van der Waals surface area contributed by atoms with E-state index in [0.29, 0.717) is 0 Å². The second kappa shape index (κ2) is 1.86. The fourth-order valence-electron chi connectivity index (χ4n) is 1.02. The van der Waals surface area contributed by atoms with Gasteiger partial charge in [-0.2, -0.15) is 0 Å². The standard InChI is InChI=1S/C6H11NO/c1-6(5-8)3-2-4-7-6/h5,7H,2-4H2,1H3/t6-/m1/s1. The highest BCUT2D eigenvalue weighted by Crippen LogP contribution is 2.14. The number of nitrogens with one attached hydrogen (secondary N) is 1. The van der Waals surface area contributed by atoms with Crippen LogP contribution in [0.5, 0.6) is 0 Å². The Hall–Kier alpha value is -0.370. The van der Waals surface area contributed by atoms with Crippen LogP contribution in [0.2, 0.25) is 0 Å². The van der Waals surface area contributed by atoms with Crippen molar-refractivity contribution in [3.8, 4) is 0 Å². The lowest BCUT2D eigenvalue weighted by Gasteiger charge is -2.13. The van der Waals surface area contributed by atoms with Gasteiger partial charge in [0.2, 0.25) is 0 Å². The second-order valence-corrected chi connectivity index (χ2v) is 2.57. The van der Waals surface area contributed by atoms with E-state index < -0.39 is 0 Å². The zero-order valence-electron chi connectivity index (χ0n) is 5.11. The first-order chi connectivity index (χ1) is 3.77. The number of aldehydes is 1. The van der Waals surface area contributed by atoms with E-state index in [1.165, 1.54) is 0 Å². The molecule has 0 aromatic heterocycles. The Balaban J connectivity index is 2.52. The van der Waals surface area contributed by atoms with Crippen LogP contribution >= 0.6 is 0 Å². The number of carbonyl (C=O) groups excluding carboxylic acids is 1. The van der Waals surface area contributed by atoms with E-state index in [-0.39, 0.29) is 5.54 Å². The van der Waals surface area contributed by atoms with Crippen molar-refractivity contribution in [1.82, 2.24) is 5.32 Å². The molecule has 1 heterocycles. The average Bonchev–Trinajstić information content (AvgIpc) is 2.17. The maximum atomic E-state index is 10.3. The maximum Gasteiger partial charge on any atom is 0.139 e. The van der Waals surface area contributed by atoms with Crippen LogP contribution in [-0.2, 0) is 4.79 Å². The average molecular weight is 113 g/mol. The second-order valence-electron chi connectivity index (χ2n) is 2.57. The van der Waals surface area contributed by atoms with Crippen molar-refractivity contribution in [1.29, 1.82) is 0 Å². The fourth-order valence-corrected chi connectivity index (χ4v) is 1.02. The van der Waals surface area contributed by atoms with Crippen LogP contribution in [0, 0.1) is 0 Å². The molecule has 8 heavy (non-hydrogen) atoms. The molecule has 1 rings (SSSR count). The Labute approximate surface area is 49.3 Å². The third-order valence-electron chi connectivity index (χ3n) is 1.66. The van der Waals surface area contributed by atoms with E-state index in [0.717, 1.165) is 25.7 Å². The molecule has 0 aliphatic carbocycles. The lowest BCUT2D eigenvalue weighted by molar-refractivity contribution is -0.112. The van der Waals surface area contributed by atoms with Crippen molar-refractivity contribution in [2.75, 3.05) is 6.54 Å². The van der Waals surface area contributed by atoms with Gasteiger partial charge >= 0.3 is 0 Å². The Morgan fingerprint density at radius 3 is 2.75 bits per heavy atom. The molecule has 46 valence electrons. The third-order valence-corrected chi connectivity index (χ3v) is 1.66. The van der Waals surface area contributed by atoms with Crippen molar-refractivity contribution in [3.63, 3.8) is 0 Å². The van der Waals surface area contributed by atoms with Crippen LogP contribution in [0.3, 0.4) is 0 Å². The zero-order valence-corrected chi connectivity index (χ0v) is 5.11. The molecule has 0 unspecified atom stereocenters. The molecule has 1 atom stereocenters. The van der Waals surface area contributed by atoms with Gasteiger partial charge in [0.05, 0.1) is 5.54 Å². The molecular weight excluding hydrogens is 102 g/mol. The first kappa shape index (κ1) is 5.76. The third kappa shape index (κ3) is 0.892. The normalized spacial score (nSPS) is 37.6. The molecule has 1 saturated heterocycles. The van der Waals surface area contributed by atoms with Gasteiger partial charge in [0.15, 0.2) is 0 Å². The SMILES string of the molecule is C[C@]1(C=O)CCCN1. The number of carbonyl (C=O) groups is 1. The molecule has 2 nitrogen and oxygen atoms in total. The van der Waals surface area contributed by atoms with Crippen molar-refractivity contribution >= 4 is 6.29 Å². The van der Waals surface area contributed by atoms with E-state index in [1.807, 2.05) is 6.92 Å². The molecule has 0 aromatic carbocycles. The van der Waals surface area contributed by atoms with Crippen molar-refractivity contribution in [2.24, 2.45) is 0 Å². The summed E-state index contributed by atoms with van der Waals surface area (Å²) >= 11 is 0. The van der Waals surface area contributed by atoms with Gasteiger partial charge in [-0.25, -0.2) is 0 Å². The summed E-state index contributed by atoms with van der Waals surface area (Å²) in [5.74, 6) is 0. The topological polar surface area (TPSA) is 29.1 Å². The van der Waals surface area contributed by atoms with Gasteiger partial charge < -0.3 is 10.1 Å². The summed E-state index contributed by atoms with van der Waals surface area (Å²) in [5, 5.41) is 3.11. The minimum atomic E-state index is -0.194. The van der Waals surface area contributed by atoms with Gasteiger partial charge in [-0.05, 0) is 26.3 Å². The lowest BCUT2D eigenvalue weighted by Crippen LogP contribution is -2.37. The molecule has 1 aliphatic heterocycles. The highest BCUT2D eigenvalue weighted by Gasteiger charge is 2.26. The molecule has 0 saturated carbocycles. The summed E-state index contributed by atoms with van der Waals surface area (Å²) in [6.45, 7) is 2.93. The monoisotopic (exact) mass is 113 g/mol. The van der Waals surface area contributed by atoms with Gasteiger partial charge in [0, 0.05) is 0 Å². The molecule has 1 aliphatic rings. The van der Waals surface area contributed by atoms with Crippen molar-refractivity contribution < 1.29 is 4.79 Å². The van der Waals surface area contributed by atoms with E-state index >= 15 is 0 Å². The summed E-state index contributed by atoms with van der Waals surface area (Å²) in [4.78, 5) is 10.3. The van der Waals surface area contributed by atoms with Crippen LogP contribution in [0.25, 0.3) is 0 Å². The highest BCUT2D eigenvalue weighted by atomic mass is 16.1. The molecule has 0 amide bonds. The fraction of sp³-hybridized carbons (Fsp3) is 0.833. The maximum absolute atomic E-state index is 10.3. The molecule has 0 aromatic rings. The van der Waals surface area contributed by atoms with Crippen LogP contribution in [0.1, 0.15) is 19.8 Å². The predicted octanol–water partition coefficient (Wildman–Crippen LogP) is 0.327. The molecule has 1 fully saturated rings. The summed E-state index contributed by atoms with van der Waals surface area (Å²) in [6.07, 6.45) is 3.13. The van der Waals surface area contributed by atoms with E-state index in [2.05, 4.69) is 5.32 Å². The van der Waals surface area contributed by atoms with Gasteiger partial charge in [0.25, 0.3) is 0 Å². The molecule has 2 heteroatoms. The largest absolute Gasteiger partial charge is 0.305 e. The van der Waals surface area contributed by atoms with Gasteiger partial charge in [-0.3, -0.25) is 0 Å². The van der Waals surface area contributed by atoms with Gasteiger partial charge in [-0.15, -0.1) is 0 Å². The Bertz CT molecular complexity index is 94.7. The summed E-state index contributed by atoms with van der Waals surface area (Å²) < 4.78 is 0. The van der Waals surface area contributed by atoms with E-state index in [4.69, 9.17) is 0 Å². The van der Waals surface area contributed by atoms with Crippen LogP contribution in [0.15, 0.2) is 0 Å². The number of hydrogen-bond donors (Lipinski definition) is 1. The Morgan fingerprint density at radius 2 is 2.50 bits per heavy atom. The molecule has 0 spiro atoms. The summed E-state index contributed by atoms with van der Waals surface area (Å²) in [5.41, 5.74) is -0.194. The Morgan fingerprint density at radius 1 is 1.75 bits per heavy atom. The number of hydrogen-bond acceptors (Lipinski definition) is 2. The smallest absolute Gasteiger partial charge is 0.139 e. The van der Waals surface area contributed by atoms with E-state index in [9.17, 15) is 4.79 Å². The van der Waals surface area contributed by atoms with Gasteiger partial charge in [-0.1, -0.05) is 0 Å². The minimum Gasteiger partial charge on any atom is -0.305 e. The molecule has 0 bridgehead atoms. The molecule has 0 radical (unpaired) electrons. The highest BCUT2D eigenvalue weighted by molar-refractivity contribution is 5.63. The van der Waals surface area contributed by atoms with Crippen LogP contribution < -0.4 is 5.32 Å². The first-order valence-electron chi connectivity index (χ1n) is 2.98. The Kier molecular flexibility index (Phi) is 1.34. The van der Waals surface area contributed by atoms with Crippen molar-refractivity contribution in [2.45, 2.75) is 25.3 Å². The summed E-state index contributed by atoms with van der Waals surface area (Å²) in [7, 11) is 0. The van der Waals surface area contributed by atoms with Crippen LogP contribution in [-0.4, -0.2) is 18.4 Å². The van der Waals surface area contributed by atoms with E-state index in [1.54, 1.807) is 0 Å².